The Morgan fingerprint density at radius 3 is 2.44 bits per heavy atom. The third-order valence-electron chi connectivity index (χ3n) is 5.82. The smallest absolute Gasteiger partial charge is 0.240 e. The van der Waals surface area contributed by atoms with Gasteiger partial charge in [0.15, 0.2) is 0 Å². The summed E-state index contributed by atoms with van der Waals surface area (Å²) in [6.07, 6.45) is 0.822. The number of phenolic OH excluding ortho intramolecular Hbond substituents is 1. The second-order valence-electron chi connectivity index (χ2n) is 7.87. The molecule has 3 rings (SSSR count). The highest BCUT2D eigenvalue weighted by Crippen LogP contribution is 2.23. The Hall–Kier alpha value is -3.30. The summed E-state index contributed by atoms with van der Waals surface area (Å²) in [5.41, 5.74) is 4.44. The summed E-state index contributed by atoms with van der Waals surface area (Å²) in [5, 5.41) is 10.8. The second-order valence-corrected chi connectivity index (χ2v) is 7.87. The van der Waals surface area contributed by atoms with E-state index in [1.54, 1.807) is 24.3 Å². The minimum absolute atomic E-state index is 0.105. The number of aldehydes is 1. The number of amides is 2. The lowest BCUT2D eigenvalue weighted by Crippen LogP contribution is -2.68. The molecule has 0 spiro atoms. The second kappa shape index (κ2) is 10.3. The first-order valence-corrected chi connectivity index (χ1v) is 10.3. The molecule has 0 saturated carbocycles. The molecule has 1 fully saturated rings. The lowest BCUT2D eigenvalue weighted by Gasteiger charge is -2.46. The number of rotatable bonds is 9. The molecule has 1 saturated heterocycles. The Bertz CT molecular complexity index is 938. The molecule has 0 aromatic heterocycles. The number of hydrogen-bond acceptors (Lipinski definition) is 6. The number of carbonyl (C=O) groups excluding carboxylic acids is 3. The highest BCUT2D eigenvalue weighted by atomic mass is 19.1. The molecule has 2 unspecified atom stereocenters. The van der Waals surface area contributed by atoms with Crippen LogP contribution in [0.4, 0.5) is 4.39 Å². The van der Waals surface area contributed by atoms with Crippen molar-refractivity contribution in [3.63, 3.8) is 0 Å². The van der Waals surface area contributed by atoms with Gasteiger partial charge in [0.1, 0.15) is 24.0 Å². The van der Waals surface area contributed by atoms with Gasteiger partial charge in [-0.05, 0) is 55.8 Å². The van der Waals surface area contributed by atoms with E-state index in [1.165, 1.54) is 34.2 Å². The average Bonchev–Trinajstić information content (AvgIpc) is 2.79. The fourth-order valence-electron chi connectivity index (χ4n) is 3.84. The number of nitrogens with zero attached hydrogens (tertiary/aromatic N) is 3. The molecule has 1 heterocycles. The lowest BCUT2D eigenvalue weighted by molar-refractivity contribution is -0.160. The zero-order valence-corrected chi connectivity index (χ0v) is 18.0. The van der Waals surface area contributed by atoms with Crippen LogP contribution in [0.25, 0.3) is 0 Å². The van der Waals surface area contributed by atoms with Gasteiger partial charge in [-0.15, -0.1) is 0 Å². The van der Waals surface area contributed by atoms with Crippen molar-refractivity contribution in [1.82, 2.24) is 20.2 Å². The monoisotopic (exact) mass is 442 g/mol. The third-order valence-corrected chi connectivity index (χ3v) is 5.82. The van der Waals surface area contributed by atoms with E-state index in [1.807, 2.05) is 18.9 Å². The van der Waals surface area contributed by atoms with Crippen molar-refractivity contribution in [3.8, 4) is 5.75 Å². The number of likely N-dealkylation sites (N-methyl/N-ethyl adjacent to an activating group) is 1. The van der Waals surface area contributed by atoms with Crippen LogP contribution in [-0.2, 0) is 20.8 Å². The van der Waals surface area contributed by atoms with Crippen LogP contribution in [0.3, 0.4) is 0 Å². The summed E-state index contributed by atoms with van der Waals surface area (Å²) in [7, 11) is 1.84. The van der Waals surface area contributed by atoms with Crippen LogP contribution >= 0.6 is 0 Å². The average molecular weight is 442 g/mol. The van der Waals surface area contributed by atoms with Crippen LogP contribution < -0.4 is 5.43 Å². The van der Waals surface area contributed by atoms with E-state index in [4.69, 9.17) is 0 Å². The van der Waals surface area contributed by atoms with E-state index in [9.17, 15) is 23.9 Å². The largest absolute Gasteiger partial charge is 0.508 e. The van der Waals surface area contributed by atoms with E-state index in [-0.39, 0.29) is 43.0 Å². The molecule has 2 aromatic carbocycles. The van der Waals surface area contributed by atoms with Gasteiger partial charge in [-0.3, -0.25) is 19.5 Å². The normalized spacial score (nSPS) is 18.5. The summed E-state index contributed by atoms with van der Waals surface area (Å²) in [6.45, 7) is 2.09. The Morgan fingerprint density at radius 1 is 1.19 bits per heavy atom. The quantitative estimate of drug-likeness (QED) is 0.572. The van der Waals surface area contributed by atoms with Crippen molar-refractivity contribution in [2.75, 3.05) is 20.1 Å². The molecule has 0 bridgehead atoms. The number of nitrogens with one attached hydrogen (secondary N) is 1. The van der Waals surface area contributed by atoms with Gasteiger partial charge < -0.3 is 14.8 Å². The van der Waals surface area contributed by atoms with Gasteiger partial charge in [-0.25, -0.2) is 9.82 Å². The molecular weight excluding hydrogens is 415 g/mol. The van der Waals surface area contributed by atoms with E-state index in [0.717, 1.165) is 11.1 Å². The molecule has 32 heavy (non-hydrogen) atoms. The van der Waals surface area contributed by atoms with Gasteiger partial charge in [0.05, 0.1) is 12.6 Å². The minimum Gasteiger partial charge on any atom is -0.508 e. The first kappa shape index (κ1) is 23.4. The first-order chi connectivity index (χ1) is 15.3. The summed E-state index contributed by atoms with van der Waals surface area (Å²) in [4.78, 5) is 39.9. The Labute approximate surface area is 186 Å². The van der Waals surface area contributed by atoms with Crippen LogP contribution in [-0.4, -0.2) is 70.9 Å². The van der Waals surface area contributed by atoms with Crippen molar-refractivity contribution in [1.29, 1.82) is 0 Å². The van der Waals surface area contributed by atoms with Crippen LogP contribution in [0.1, 0.15) is 24.1 Å². The van der Waals surface area contributed by atoms with Gasteiger partial charge in [0.2, 0.25) is 12.3 Å². The molecule has 0 radical (unpaired) electrons. The van der Waals surface area contributed by atoms with Crippen molar-refractivity contribution in [3.05, 3.63) is 65.5 Å². The number of benzene rings is 2. The van der Waals surface area contributed by atoms with Crippen molar-refractivity contribution in [2.24, 2.45) is 0 Å². The predicted molar refractivity (Wildman–Crippen MR) is 116 cm³/mol. The van der Waals surface area contributed by atoms with Gasteiger partial charge in [-0.2, -0.15) is 0 Å². The van der Waals surface area contributed by atoms with Crippen molar-refractivity contribution < 1.29 is 23.9 Å². The Balaban J connectivity index is 1.83. The maximum atomic E-state index is 13.3. The summed E-state index contributed by atoms with van der Waals surface area (Å²) in [6, 6.07) is 11.6. The van der Waals surface area contributed by atoms with E-state index in [0.29, 0.717) is 12.7 Å². The van der Waals surface area contributed by atoms with E-state index < -0.39 is 12.2 Å². The number of halogens is 1. The number of phenols is 1. The van der Waals surface area contributed by atoms with Crippen LogP contribution in [0.2, 0.25) is 0 Å². The van der Waals surface area contributed by atoms with Crippen molar-refractivity contribution >= 4 is 18.6 Å². The highest BCUT2D eigenvalue weighted by Gasteiger charge is 2.39. The fraction of sp³-hybridized carbons (Fsp3) is 0.348. The molecular formula is C23H27FN4O4. The standard InChI is InChI=1S/C23H27FN4O4/c1-16(18-5-7-19(24)8-6-18)26(2)13-22-27(15-30)25-12-23(32)28(22)20(14-29)11-17-3-9-21(31)10-4-17/h3-10,14-16,20,22,25,31H,11-13H2,1-2H3/t16?,20-,22?/m0/s1. The van der Waals surface area contributed by atoms with Crippen LogP contribution in [0.15, 0.2) is 48.5 Å². The van der Waals surface area contributed by atoms with Crippen LogP contribution in [0.5, 0.6) is 5.75 Å². The zero-order valence-electron chi connectivity index (χ0n) is 18.0. The molecule has 0 aliphatic carbocycles. The maximum absolute atomic E-state index is 13.3. The van der Waals surface area contributed by atoms with Gasteiger partial charge in [0, 0.05) is 12.6 Å². The van der Waals surface area contributed by atoms with Crippen LogP contribution in [0, 0.1) is 5.82 Å². The lowest BCUT2D eigenvalue weighted by atomic mass is 10.0. The topological polar surface area (TPSA) is 93.2 Å². The van der Waals surface area contributed by atoms with E-state index in [2.05, 4.69) is 5.43 Å². The Morgan fingerprint density at radius 2 is 1.84 bits per heavy atom. The number of aromatic hydroxyl groups is 1. The minimum atomic E-state index is -0.795. The van der Waals surface area contributed by atoms with E-state index >= 15 is 0 Å². The molecule has 2 amide bonds. The number of hydrazine groups is 1. The first-order valence-electron chi connectivity index (χ1n) is 10.3. The molecule has 9 heteroatoms. The molecule has 3 atom stereocenters. The fourth-order valence-corrected chi connectivity index (χ4v) is 3.84. The molecule has 1 aliphatic rings. The third kappa shape index (κ3) is 5.30. The molecule has 8 nitrogen and oxygen atoms in total. The maximum Gasteiger partial charge on any atom is 0.240 e. The summed E-state index contributed by atoms with van der Waals surface area (Å²) in [5.74, 6) is -0.519. The number of hydrogen-bond donors (Lipinski definition) is 2. The summed E-state index contributed by atoms with van der Waals surface area (Å²) < 4.78 is 13.3. The summed E-state index contributed by atoms with van der Waals surface area (Å²) >= 11 is 0. The molecule has 170 valence electrons. The molecule has 2 aromatic rings. The predicted octanol–water partition coefficient (Wildman–Crippen LogP) is 1.47. The van der Waals surface area contributed by atoms with Gasteiger partial charge >= 0.3 is 0 Å². The van der Waals surface area contributed by atoms with Crippen molar-refractivity contribution in [2.45, 2.75) is 31.6 Å². The zero-order chi connectivity index (χ0) is 23.3. The SMILES string of the molecule is CC(c1ccc(F)cc1)N(C)CC1N(C=O)NCC(=O)N1[C@H](C=O)Cc1ccc(O)cc1. The van der Waals surface area contributed by atoms with Gasteiger partial charge in [-0.1, -0.05) is 24.3 Å². The highest BCUT2D eigenvalue weighted by molar-refractivity contribution is 5.83. The Kier molecular flexibility index (Phi) is 7.55. The number of carbonyl (C=O) groups is 3. The molecule has 1 aliphatic heterocycles. The van der Waals surface area contributed by atoms with Gasteiger partial charge in [0.25, 0.3) is 0 Å². The molecule has 2 N–H and O–H groups in total.